The highest BCUT2D eigenvalue weighted by Crippen LogP contribution is 1.68. The Morgan fingerprint density at radius 1 is 0.238 bits per heavy atom. The van der Waals surface area contributed by atoms with Gasteiger partial charge in [0.15, 0.2) is 0 Å². The molecule has 16 nitrogen and oxygen atoms in total. The maximum atomic E-state index is 7.33. The summed E-state index contributed by atoms with van der Waals surface area (Å²) in [5.74, 6) is 0. The molecule has 0 amide bonds. The molecule has 16 N–H and O–H groups in total. The van der Waals surface area contributed by atoms with E-state index in [0.717, 1.165) is 0 Å². The molecule has 21 heteroatoms. The summed E-state index contributed by atoms with van der Waals surface area (Å²) in [6, 6.07) is 0. The predicted octanol–water partition coefficient (Wildman–Crippen LogP) is -10.4. The molecule has 0 bridgehead atoms. The van der Waals surface area contributed by atoms with E-state index in [9.17, 15) is 0 Å². The molecule has 0 aromatic rings. The van der Waals surface area contributed by atoms with E-state index in [4.69, 9.17) is 76.7 Å². The molecule has 1 unspecified atom stereocenters. The topological polar surface area (TPSA) is 324 Å². The minimum atomic E-state index is -4.61. The van der Waals surface area contributed by atoms with Crippen molar-refractivity contribution >= 4 is 46.1 Å². The molecule has 0 aliphatic carbocycles. The van der Waals surface area contributed by atoms with E-state index in [-0.39, 0.29) is 9.90 Å². The fraction of sp³-hybridized carbons (Fsp3) is 0. The normalized spacial score (nSPS) is 11.4. The van der Waals surface area contributed by atoms with Gasteiger partial charge in [-0.1, -0.05) is 0 Å². The van der Waals surface area contributed by atoms with Crippen LogP contribution in [0, 0.1) is 0 Å². The van der Waals surface area contributed by atoms with Gasteiger partial charge in [0.2, 0.25) is 0 Å². The first kappa shape index (κ1) is 33.3. The van der Waals surface area contributed by atoms with Gasteiger partial charge in [-0.2, -0.15) is 9.90 Å². The quantitative estimate of drug-likeness (QED) is 0.128. The third kappa shape index (κ3) is 16600. The molecular weight excluding hydrogens is 399 g/mol. The molecule has 0 fully saturated rings. The molecular formula is H19O16PSi4. The first-order valence-corrected chi connectivity index (χ1v) is 10.7. The van der Waals surface area contributed by atoms with E-state index in [1.54, 1.807) is 0 Å². The zero-order valence-corrected chi connectivity index (χ0v) is 15.3. The van der Waals surface area contributed by atoms with Crippen molar-refractivity contribution in [3.05, 3.63) is 0 Å². The molecule has 0 aliphatic rings. The van der Waals surface area contributed by atoms with Crippen LogP contribution in [0.3, 0.4) is 0 Å². The molecule has 21 heavy (non-hydrogen) atoms. The van der Waals surface area contributed by atoms with Crippen LogP contribution in [0.5, 0.6) is 0 Å². The molecule has 0 radical (unpaired) electrons. The summed E-state index contributed by atoms with van der Waals surface area (Å²) in [7, 11) is -18.4. The molecule has 0 saturated heterocycles. The highest BCUT2D eigenvalue weighted by atomic mass is 31.0. The molecule has 0 aliphatic heterocycles. The van der Waals surface area contributed by atoms with Crippen LogP contribution in [-0.2, 0) is 0 Å². The summed E-state index contributed by atoms with van der Waals surface area (Å²) in [5.41, 5.74) is 0. The van der Waals surface area contributed by atoms with E-state index < -0.39 is 36.2 Å². The summed E-state index contributed by atoms with van der Waals surface area (Å²) in [6.45, 7) is 0. The lowest BCUT2D eigenvalue weighted by molar-refractivity contribution is 0.115. The van der Waals surface area contributed by atoms with Crippen molar-refractivity contribution < 1.29 is 76.7 Å². The monoisotopic (exact) mass is 418 g/mol. The third-order valence-corrected chi connectivity index (χ3v) is 0. The summed E-state index contributed by atoms with van der Waals surface area (Å²) in [5, 5.41) is 0. The van der Waals surface area contributed by atoms with E-state index in [0.29, 0.717) is 0 Å². The van der Waals surface area contributed by atoms with Gasteiger partial charge < -0.3 is 76.7 Å². The second kappa shape index (κ2) is 13.1. The Morgan fingerprint density at radius 3 is 0.238 bits per heavy atom. The van der Waals surface area contributed by atoms with Gasteiger partial charge in [0.25, 0.3) is 0 Å². The maximum Gasteiger partial charge on any atom is 0.668 e. The first-order valence-electron chi connectivity index (χ1n) is 3.58. The lowest BCUT2D eigenvalue weighted by Gasteiger charge is -1.91. The Hall–Kier alpha value is 0.658. The average Bonchev–Trinajstić information content (AvgIpc) is 1.62. The van der Waals surface area contributed by atoms with Crippen molar-refractivity contribution in [2.45, 2.75) is 0 Å². The molecule has 136 valence electrons. The summed E-state index contributed by atoms with van der Waals surface area (Å²) in [6.07, 6.45) is 0. The Morgan fingerprint density at radius 2 is 0.238 bits per heavy atom. The minimum absolute atomic E-state index is 0. The largest absolute Gasteiger partial charge is 0.668 e. The van der Waals surface area contributed by atoms with E-state index >= 15 is 0 Å². The first-order chi connectivity index (χ1) is 8.00. The van der Waals surface area contributed by atoms with E-state index in [2.05, 4.69) is 0 Å². The zero-order chi connectivity index (χ0) is 18.0. The van der Waals surface area contributed by atoms with Gasteiger partial charge in [0, 0.05) is 0 Å². The van der Waals surface area contributed by atoms with Crippen LogP contribution in [0.1, 0.15) is 0 Å². The lowest BCUT2D eigenvalue weighted by Crippen LogP contribution is -2.33. The summed E-state index contributed by atoms with van der Waals surface area (Å²) >= 11 is 0. The second-order valence-electron chi connectivity index (χ2n) is 2.40. The van der Waals surface area contributed by atoms with Gasteiger partial charge in [0.05, 0.1) is 0 Å². The SMILES string of the molecule is O[Si](O)(O)O.O[Si](O)(O)O.O[Si](O)(O)O.O[Si](O)(O)O.P. The predicted molar refractivity (Wildman–Crippen MR) is 69.6 cm³/mol. The van der Waals surface area contributed by atoms with Gasteiger partial charge in [-0.3, -0.25) is 0 Å². The zero-order valence-electron chi connectivity index (χ0n) is 9.86. The Kier molecular flexibility index (Phi) is 20.8. The Bertz CT molecular complexity index is 130. The smallest absolute Gasteiger partial charge is 0.368 e. The second-order valence-corrected chi connectivity index (χ2v) is 7.20. The van der Waals surface area contributed by atoms with Crippen molar-refractivity contribution in [2.24, 2.45) is 0 Å². The van der Waals surface area contributed by atoms with Gasteiger partial charge >= 0.3 is 36.2 Å². The van der Waals surface area contributed by atoms with Crippen LogP contribution < -0.4 is 0 Å². The fourth-order valence-electron chi connectivity index (χ4n) is 0. The van der Waals surface area contributed by atoms with Crippen LogP contribution in [0.25, 0.3) is 0 Å². The van der Waals surface area contributed by atoms with Crippen LogP contribution >= 0.6 is 9.90 Å². The van der Waals surface area contributed by atoms with Crippen LogP contribution in [-0.4, -0.2) is 113 Å². The summed E-state index contributed by atoms with van der Waals surface area (Å²) in [4.78, 5) is 117. The number of hydrogen-bond donors (Lipinski definition) is 16. The van der Waals surface area contributed by atoms with Crippen LogP contribution in [0.2, 0.25) is 0 Å². The highest BCUT2D eigenvalue weighted by Gasteiger charge is 2.23. The van der Waals surface area contributed by atoms with E-state index in [1.807, 2.05) is 0 Å². The van der Waals surface area contributed by atoms with Crippen molar-refractivity contribution in [1.29, 1.82) is 0 Å². The van der Waals surface area contributed by atoms with Crippen LogP contribution in [0.15, 0.2) is 0 Å². The van der Waals surface area contributed by atoms with Gasteiger partial charge in [-0.25, -0.2) is 0 Å². The van der Waals surface area contributed by atoms with Crippen molar-refractivity contribution in [3.8, 4) is 0 Å². The van der Waals surface area contributed by atoms with Crippen LogP contribution in [0.4, 0.5) is 0 Å². The standard InChI is InChI=1S/4H4O4Si.H3P/c4*1-5(2,3)4;/h4*1-4H;1H3. The molecule has 0 aromatic carbocycles. The molecule has 0 aromatic heterocycles. The lowest BCUT2D eigenvalue weighted by atomic mass is 15.7. The van der Waals surface area contributed by atoms with Crippen molar-refractivity contribution in [2.75, 3.05) is 0 Å². The van der Waals surface area contributed by atoms with Crippen molar-refractivity contribution in [1.82, 2.24) is 0 Å². The van der Waals surface area contributed by atoms with Gasteiger partial charge in [0.1, 0.15) is 0 Å². The Labute approximate surface area is 123 Å². The van der Waals surface area contributed by atoms with Crippen molar-refractivity contribution in [3.63, 3.8) is 0 Å². The molecule has 1 atom stereocenters. The summed E-state index contributed by atoms with van der Waals surface area (Å²) < 4.78 is 0. The molecule has 0 rings (SSSR count). The molecule has 0 saturated carbocycles. The maximum absolute atomic E-state index is 7.33. The Balaban J connectivity index is -0.0000000533. The fourth-order valence-corrected chi connectivity index (χ4v) is 0. The van der Waals surface area contributed by atoms with Gasteiger partial charge in [-0.05, 0) is 0 Å². The van der Waals surface area contributed by atoms with Gasteiger partial charge in [-0.15, -0.1) is 0 Å². The average molecular weight is 418 g/mol. The molecule has 0 heterocycles. The van der Waals surface area contributed by atoms with E-state index in [1.165, 1.54) is 0 Å². The minimum Gasteiger partial charge on any atom is -0.368 e. The third-order valence-electron chi connectivity index (χ3n) is 0. The number of hydrogen-bond acceptors (Lipinski definition) is 16. The molecule has 0 spiro atoms. The number of rotatable bonds is 0. The highest BCUT2D eigenvalue weighted by molar-refractivity contribution is 6.92.